The normalized spacial score (nSPS) is 20.3. The fourth-order valence-corrected chi connectivity index (χ4v) is 5.04. The topological polar surface area (TPSA) is 105 Å². The number of fused-ring (bicyclic) bond motifs is 3. The van der Waals surface area contributed by atoms with Gasteiger partial charge in [-0.15, -0.1) is 0 Å². The highest BCUT2D eigenvalue weighted by molar-refractivity contribution is 5.80. The third-order valence-corrected chi connectivity index (χ3v) is 6.63. The maximum absolute atomic E-state index is 12.4. The zero-order valence-electron chi connectivity index (χ0n) is 18.8. The van der Waals surface area contributed by atoms with E-state index in [1.54, 1.807) is 6.92 Å². The van der Waals surface area contributed by atoms with Crippen LogP contribution in [0.4, 0.5) is 4.79 Å². The summed E-state index contributed by atoms with van der Waals surface area (Å²) in [4.78, 5) is 36.2. The predicted molar refractivity (Wildman–Crippen MR) is 124 cm³/mol. The molecule has 4 rings (SSSR count). The highest BCUT2D eigenvalue weighted by Crippen LogP contribution is 2.44. The lowest BCUT2D eigenvalue weighted by molar-refractivity contribution is -0.144. The SMILES string of the molecule is C[C@H](CC(=O)NC1CCCCC1C(=O)O)NC(=O)OCC1c2ccccc2-c2ccccc21. The zero-order chi connectivity index (χ0) is 23.4. The molecule has 174 valence electrons. The van der Waals surface area contributed by atoms with Crippen LogP contribution in [-0.4, -0.2) is 41.8 Å². The molecule has 0 heterocycles. The molecule has 2 unspecified atom stereocenters. The first-order chi connectivity index (χ1) is 15.9. The summed E-state index contributed by atoms with van der Waals surface area (Å²) in [7, 11) is 0. The van der Waals surface area contributed by atoms with Gasteiger partial charge in [-0.25, -0.2) is 4.79 Å². The minimum atomic E-state index is -0.871. The molecule has 3 N–H and O–H groups in total. The average molecular weight is 451 g/mol. The van der Waals surface area contributed by atoms with Crippen LogP contribution in [0, 0.1) is 5.92 Å². The average Bonchev–Trinajstić information content (AvgIpc) is 3.11. The number of rotatable bonds is 7. The Morgan fingerprint density at radius 2 is 1.61 bits per heavy atom. The molecule has 0 radical (unpaired) electrons. The number of carbonyl (C=O) groups excluding carboxylic acids is 2. The van der Waals surface area contributed by atoms with E-state index < -0.39 is 24.0 Å². The van der Waals surface area contributed by atoms with Crippen LogP contribution in [0.15, 0.2) is 48.5 Å². The monoisotopic (exact) mass is 450 g/mol. The number of carboxylic acids is 1. The van der Waals surface area contributed by atoms with E-state index in [2.05, 4.69) is 34.9 Å². The summed E-state index contributed by atoms with van der Waals surface area (Å²) in [5.74, 6) is -1.71. The molecule has 0 saturated heterocycles. The van der Waals surface area contributed by atoms with Gasteiger partial charge in [0.2, 0.25) is 5.91 Å². The molecular formula is C26H30N2O5. The second kappa shape index (κ2) is 10.1. The lowest BCUT2D eigenvalue weighted by Gasteiger charge is -2.29. The standard InChI is InChI=1S/C26H30N2O5/c1-16(14-24(29)28-23-13-7-6-12-21(23)25(30)31)27-26(32)33-15-22-19-10-4-2-8-17(19)18-9-3-5-11-20(18)22/h2-5,8-11,16,21-23H,6-7,12-15H2,1H3,(H,27,32)(H,28,29)(H,30,31)/t16-,21?,23?/m1/s1. The van der Waals surface area contributed by atoms with Gasteiger partial charge >= 0.3 is 12.1 Å². The van der Waals surface area contributed by atoms with Crippen molar-refractivity contribution in [1.29, 1.82) is 0 Å². The van der Waals surface area contributed by atoms with Gasteiger partial charge in [0.05, 0.1) is 5.92 Å². The van der Waals surface area contributed by atoms with Crippen LogP contribution in [-0.2, 0) is 14.3 Å². The number of nitrogens with one attached hydrogen (secondary N) is 2. The van der Waals surface area contributed by atoms with E-state index >= 15 is 0 Å². The summed E-state index contributed by atoms with van der Waals surface area (Å²) >= 11 is 0. The molecule has 0 aliphatic heterocycles. The summed E-state index contributed by atoms with van der Waals surface area (Å²) in [5.41, 5.74) is 4.60. The van der Waals surface area contributed by atoms with Gasteiger partial charge in [0.1, 0.15) is 6.61 Å². The highest BCUT2D eigenvalue weighted by Gasteiger charge is 2.32. The second-order valence-electron chi connectivity index (χ2n) is 8.98. The van der Waals surface area contributed by atoms with Gasteiger partial charge in [-0.1, -0.05) is 61.4 Å². The van der Waals surface area contributed by atoms with Gasteiger partial charge in [0.15, 0.2) is 0 Å². The molecule has 0 bridgehead atoms. The molecule has 0 aromatic heterocycles. The van der Waals surface area contributed by atoms with E-state index in [-0.39, 0.29) is 30.9 Å². The van der Waals surface area contributed by atoms with Crippen molar-refractivity contribution in [3.8, 4) is 11.1 Å². The van der Waals surface area contributed by atoms with E-state index in [9.17, 15) is 19.5 Å². The molecule has 2 aromatic rings. The van der Waals surface area contributed by atoms with Crippen LogP contribution in [0.25, 0.3) is 11.1 Å². The fourth-order valence-electron chi connectivity index (χ4n) is 5.04. The number of carboxylic acid groups (broad SMARTS) is 1. The first-order valence-corrected chi connectivity index (χ1v) is 11.6. The lowest BCUT2D eigenvalue weighted by Crippen LogP contribution is -2.47. The fraction of sp³-hybridized carbons (Fsp3) is 0.423. The maximum atomic E-state index is 12.4. The van der Waals surface area contributed by atoms with E-state index in [0.29, 0.717) is 12.8 Å². The minimum absolute atomic E-state index is 0.0268. The number of hydrogen-bond acceptors (Lipinski definition) is 4. The van der Waals surface area contributed by atoms with Crippen molar-refractivity contribution in [1.82, 2.24) is 10.6 Å². The molecule has 1 saturated carbocycles. The number of aliphatic carboxylic acids is 1. The van der Waals surface area contributed by atoms with Crippen LogP contribution in [0.3, 0.4) is 0 Å². The van der Waals surface area contributed by atoms with Crippen molar-refractivity contribution in [2.75, 3.05) is 6.61 Å². The largest absolute Gasteiger partial charge is 0.481 e. The Morgan fingerprint density at radius 1 is 1.00 bits per heavy atom. The smallest absolute Gasteiger partial charge is 0.407 e. The molecule has 2 aliphatic rings. The van der Waals surface area contributed by atoms with Crippen molar-refractivity contribution < 1.29 is 24.2 Å². The van der Waals surface area contributed by atoms with Crippen LogP contribution >= 0.6 is 0 Å². The zero-order valence-corrected chi connectivity index (χ0v) is 18.8. The van der Waals surface area contributed by atoms with Crippen LogP contribution < -0.4 is 10.6 Å². The third-order valence-electron chi connectivity index (χ3n) is 6.63. The first kappa shape index (κ1) is 22.8. The quantitative estimate of drug-likeness (QED) is 0.590. The number of alkyl carbamates (subject to hydrolysis) is 1. The van der Waals surface area contributed by atoms with Gasteiger partial charge in [-0.05, 0) is 42.0 Å². The van der Waals surface area contributed by atoms with E-state index in [1.165, 1.54) is 0 Å². The van der Waals surface area contributed by atoms with Crippen molar-refractivity contribution in [3.05, 3.63) is 59.7 Å². The molecule has 33 heavy (non-hydrogen) atoms. The Labute approximate surface area is 193 Å². The molecule has 3 atom stereocenters. The Morgan fingerprint density at radius 3 is 2.24 bits per heavy atom. The number of carbonyl (C=O) groups is 3. The van der Waals surface area contributed by atoms with Crippen molar-refractivity contribution in [2.45, 2.75) is 57.0 Å². The minimum Gasteiger partial charge on any atom is -0.481 e. The van der Waals surface area contributed by atoms with Crippen LogP contribution in [0.1, 0.15) is 56.1 Å². The van der Waals surface area contributed by atoms with Gasteiger partial charge in [0, 0.05) is 24.4 Å². The number of amides is 2. The Hall–Kier alpha value is -3.35. The van der Waals surface area contributed by atoms with E-state index in [1.807, 2.05) is 24.3 Å². The summed E-state index contributed by atoms with van der Waals surface area (Å²) < 4.78 is 5.53. The predicted octanol–water partition coefficient (Wildman–Crippen LogP) is 4.06. The summed E-state index contributed by atoms with van der Waals surface area (Å²) in [6.45, 7) is 1.94. The van der Waals surface area contributed by atoms with Gasteiger partial charge < -0.3 is 20.5 Å². The molecule has 7 heteroatoms. The Kier molecular flexibility index (Phi) is 6.96. The number of hydrogen-bond donors (Lipinski definition) is 3. The van der Waals surface area contributed by atoms with Gasteiger partial charge in [-0.3, -0.25) is 9.59 Å². The van der Waals surface area contributed by atoms with E-state index in [4.69, 9.17) is 4.74 Å². The molecule has 2 aliphatic carbocycles. The maximum Gasteiger partial charge on any atom is 0.407 e. The third kappa shape index (κ3) is 5.18. The van der Waals surface area contributed by atoms with Gasteiger partial charge in [0.25, 0.3) is 0 Å². The Bertz CT molecular complexity index is 991. The first-order valence-electron chi connectivity index (χ1n) is 11.6. The number of benzene rings is 2. The summed E-state index contributed by atoms with van der Waals surface area (Å²) in [6, 6.07) is 15.5. The summed E-state index contributed by atoms with van der Waals surface area (Å²) in [5, 5.41) is 14.9. The highest BCUT2D eigenvalue weighted by atomic mass is 16.5. The molecule has 7 nitrogen and oxygen atoms in total. The molecule has 2 amide bonds. The van der Waals surface area contributed by atoms with Crippen LogP contribution in [0.5, 0.6) is 0 Å². The van der Waals surface area contributed by atoms with Gasteiger partial charge in [-0.2, -0.15) is 0 Å². The molecule has 1 fully saturated rings. The molecular weight excluding hydrogens is 420 g/mol. The summed E-state index contributed by atoms with van der Waals surface area (Å²) in [6.07, 6.45) is 2.50. The van der Waals surface area contributed by atoms with E-state index in [0.717, 1.165) is 35.1 Å². The second-order valence-corrected chi connectivity index (χ2v) is 8.98. The van der Waals surface area contributed by atoms with Crippen molar-refractivity contribution >= 4 is 18.0 Å². The molecule has 0 spiro atoms. The lowest BCUT2D eigenvalue weighted by atomic mass is 9.84. The van der Waals surface area contributed by atoms with Crippen LogP contribution in [0.2, 0.25) is 0 Å². The Balaban J connectivity index is 1.28. The van der Waals surface area contributed by atoms with Crippen molar-refractivity contribution in [3.63, 3.8) is 0 Å². The number of ether oxygens (including phenoxy) is 1. The van der Waals surface area contributed by atoms with Crippen molar-refractivity contribution in [2.24, 2.45) is 5.92 Å². The molecule has 2 aromatic carbocycles.